The summed E-state index contributed by atoms with van der Waals surface area (Å²) in [6.07, 6.45) is 8.78. The second-order valence-corrected chi connectivity index (χ2v) is 7.94. The van der Waals surface area contributed by atoms with Crippen LogP contribution in [0.25, 0.3) is 36.9 Å². The van der Waals surface area contributed by atoms with E-state index in [1.165, 1.54) is 5.57 Å². The van der Waals surface area contributed by atoms with Crippen LogP contribution in [0, 0.1) is 0 Å². The zero-order chi connectivity index (χ0) is 18.2. The van der Waals surface area contributed by atoms with Gasteiger partial charge in [-0.25, -0.2) is 0 Å². The number of fused-ring (bicyclic) bond motifs is 2. The number of hydrogen-bond acceptors (Lipinski definition) is 2. The molecule has 0 fully saturated rings. The molecule has 4 aromatic rings. The Kier molecular flexibility index (Phi) is 3.99. The Hall–Kier alpha value is -2.97. The molecule has 1 nitrogen and oxygen atoms in total. The van der Waals surface area contributed by atoms with Crippen molar-refractivity contribution in [1.29, 1.82) is 0 Å². The van der Waals surface area contributed by atoms with Gasteiger partial charge in [-0.2, -0.15) is 0 Å². The van der Waals surface area contributed by atoms with Gasteiger partial charge >= 0.3 is 0 Å². The molecule has 0 N–H and O–H groups in total. The SMILES string of the molecule is O=c1c2cc(C3=CCCC=C3)ccc2sc2ccc(-c3ccccc3)cc12. The molecule has 5 rings (SSSR count). The minimum Gasteiger partial charge on any atom is -0.289 e. The fraction of sp³-hybridized carbons (Fsp3) is 0.0800. The number of rotatable bonds is 2. The van der Waals surface area contributed by atoms with Gasteiger partial charge in [0.2, 0.25) is 0 Å². The number of hydrogen-bond donors (Lipinski definition) is 0. The highest BCUT2D eigenvalue weighted by molar-refractivity contribution is 7.24. The van der Waals surface area contributed by atoms with Crippen LogP contribution >= 0.6 is 11.3 Å². The molecule has 0 radical (unpaired) electrons. The molecule has 0 unspecified atom stereocenters. The molecule has 1 aliphatic carbocycles. The van der Waals surface area contributed by atoms with Crippen LogP contribution < -0.4 is 5.43 Å². The topological polar surface area (TPSA) is 17.1 Å². The fourth-order valence-corrected chi connectivity index (χ4v) is 4.71. The van der Waals surface area contributed by atoms with Gasteiger partial charge in [0.1, 0.15) is 0 Å². The van der Waals surface area contributed by atoms with E-state index in [2.05, 4.69) is 60.7 Å². The van der Waals surface area contributed by atoms with Gasteiger partial charge in [0.05, 0.1) is 0 Å². The van der Waals surface area contributed by atoms with Gasteiger partial charge in [0, 0.05) is 20.2 Å². The Labute approximate surface area is 161 Å². The lowest BCUT2D eigenvalue weighted by atomic mass is 9.98. The van der Waals surface area contributed by atoms with Crippen LogP contribution in [0.4, 0.5) is 0 Å². The van der Waals surface area contributed by atoms with Gasteiger partial charge in [-0.15, -0.1) is 11.3 Å². The van der Waals surface area contributed by atoms with Gasteiger partial charge < -0.3 is 0 Å². The third-order valence-corrected chi connectivity index (χ3v) is 6.26. The van der Waals surface area contributed by atoms with Crippen LogP contribution in [-0.2, 0) is 0 Å². The molecule has 0 atom stereocenters. The summed E-state index contributed by atoms with van der Waals surface area (Å²) in [5, 5.41) is 1.62. The number of benzene rings is 3. The summed E-state index contributed by atoms with van der Waals surface area (Å²) in [5.41, 5.74) is 4.68. The summed E-state index contributed by atoms with van der Waals surface area (Å²) in [4.78, 5) is 13.3. The van der Waals surface area contributed by atoms with E-state index < -0.39 is 0 Å². The summed E-state index contributed by atoms with van der Waals surface area (Å²) in [7, 11) is 0. The van der Waals surface area contributed by atoms with E-state index in [4.69, 9.17) is 0 Å². The maximum absolute atomic E-state index is 13.3. The first-order valence-electron chi connectivity index (χ1n) is 9.23. The highest BCUT2D eigenvalue weighted by Crippen LogP contribution is 2.31. The quantitative estimate of drug-likeness (QED) is 0.356. The normalized spacial score (nSPS) is 13.9. The highest BCUT2D eigenvalue weighted by Gasteiger charge is 2.10. The summed E-state index contributed by atoms with van der Waals surface area (Å²) >= 11 is 1.69. The molecule has 2 heteroatoms. The zero-order valence-corrected chi connectivity index (χ0v) is 15.6. The van der Waals surface area contributed by atoms with E-state index in [0.717, 1.165) is 49.7 Å². The van der Waals surface area contributed by atoms with E-state index in [0.29, 0.717) is 0 Å². The molecule has 0 aliphatic heterocycles. The molecule has 27 heavy (non-hydrogen) atoms. The Morgan fingerprint density at radius 2 is 1.41 bits per heavy atom. The molecule has 0 amide bonds. The van der Waals surface area contributed by atoms with Gasteiger partial charge in [-0.3, -0.25) is 4.79 Å². The van der Waals surface area contributed by atoms with Gasteiger partial charge in [-0.1, -0.05) is 60.7 Å². The monoisotopic (exact) mass is 366 g/mol. The lowest BCUT2D eigenvalue weighted by Crippen LogP contribution is -2.02. The Morgan fingerprint density at radius 1 is 0.704 bits per heavy atom. The van der Waals surface area contributed by atoms with E-state index in [-0.39, 0.29) is 5.43 Å². The van der Waals surface area contributed by atoms with Gasteiger partial charge in [-0.05, 0) is 59.4 Å². The zero-order valence-electron chi connectivity index (χ0n) is 14.8. The molecular weight excluding hydrogens is 348 g/mol. The first-order valence-corrected chi connectivity index (χ1v) is 10.0. The molecule has 0 bridgehead atoms. The van der Waals surface area contributed by atoms with Crippen molar-refractivity contribution in [3.8, 4) is 11.1 Å². The Morgan fingerprint density at radius 3 is 2.11 bits per heavy atom. The molecule has 1 aliphatic rings. The molecule has 1 aromatic heterocycles. The van der Waals surface area contributed by atoms with Crippen molar-refractivity contribution in [2.75, 3.05) is 0 Å². The van der Waals surface area contributed by atoms with Crippen LogP contribution in [0.2, 0.25) is 0 Å². The smallest absolute Gasteiger partial charge is 0.195 e. The van der Waals surface area contributed by atoms with Crippen molar-refractivity contribution in [2.24, 2.45) is 0 Å². The Balaban J connectivity index is 1.72. The van der Waals surface area contributed by atoms with E-state index in [1.54, 1.807) is 11.3 Å². The molecule has 0 saturated heterocycles. The van der Waals surface area contributed by atoms with Crippen LogP contribution in [0.15, 0.2) is 89.8 Å². The molecule has 130 valence electrons. The van der Waals surface area contributed by atoms with Crippen molar-refractivity contribution in [1.82, 2.24) is 0 Å². The third-order valence-electron chi connectivity index (χ3n) is 5.10. The summed E-state index contributed by atoms with van der Waals surface area (Å²) in [5.74, 6) is 0. The van der Waals surface area contributed by atoms with Gasteiger partial charge in [0.25, 0.3) is 0 Å². The molecular formula is C25H18OS. The summed E-state index contributed by atoms with van der Waals surface area (Å²) in [6.45, 7) is 0. The summed E-state index contributed by atoms with van der Waals surface area (Å²) in [6, 6.07) is 22.7. The fourth-order valence-electron chi connectivity index (χ4n) is 3.67. The minimum absolute atomic E-state index is 0.124. The number of allylic oxidation sites excluding steroid dienone is 4. The second-order valence-electron chi connectivity index (χ2n) is 6.86. The maximum Gasteiger partial charge on any atom is 0.195 e. The van der Waals surface area contributed by atoms with Crippen molar-refractivity contribution in [3.63, 3.8) is 0 Å². The predicted octanol–water partition coefficient (Wildman–Crippen LogP) is 6.82. The van der Waals surface area contributed by atoms with Crippen molar-refractivity contribution in [3.05, 3.63) is 101 Å². The average Bonchev–Trinajstić information content (AvgIpc) is 2.75. The first-order chi connectivity index (χ1) is 13.3. The molecule has 3 aromatic carbocycles. The highest BCUT2D eigenvalue weighted by atomic mass is 32.1. The molecule has 1 heterocycles. The van der Waals surface area contributed by atoms with Crippen LogP contribution in [0.5, 0.6) is 0 Å². The second kappa shape index (κ2) is 6.64. The van der Waals surface area contributed by atoms with Crippen LogP contribution in [0.3, 0.4) is 0 Å². The average molecular weight is 366 g/mol. The van der Waals surface area contributed by atoms with Crippen LogP contribution in [-0.4, -0.2) is 0 Å². The van der Waals surface area contributed by atoms with Crippen molar-refractivity contribution in [2.45, 2.75) is 12.8 Å². The van der Waals surface area contributed by atoms with E-state index >= 15 is 0 Å². The van der Waals surface area contributed by atoms with Crippen molar-refractivity contribution >= 4 is 37.1 Å². The van der Waals surface area contributed by atoms with E-state index in [1.807, 2.05) is 24.3 Å². The maximum atomic E-state index is 13.3. The van der Waals surface area contributed by atoms with Crippen LogP contribution in [0.1, 0.15) is 18.4 Å². The Bertz CT molecular complexity index is 1280. The summed E-state index contributed by atoms with van der Waals surface area (Å²) < 4.78 is 2.08. The lowest BCUT2D eigenvalue weighted by molar-refractivity contribution is 1.04. The largest absolute Gasteiger partial charge is 0.289 e. The predicted molar refractivity (Wildman–Crippen MR) is 117 cm³/mol. The lowest BCUT2D eigenvalue weighted by Gasteiger charge is -2.09. The molecule has 0 spiro atoms. The third kappa shape index (κ3) is 2.92. The molecule has 0 saturated carbocycles. The standard InChI is InChI=1S/C25H18OS/c26-25-21-15-19(17-7-3-1-4-8-17)11-13-23(21)27-24-14-12-20(16-22(24)25)18-9-5-2-6-10-18/h1,3-5,7-16H,2,6H2. The van der Waals surface area contributed by atoms with E-state index in [9.17, 15) is 4.79 Å². The van der Waals surface area contributed by atoms with Gasteiger partial charge in [0.15, 0.2) is 5.43 Å². The first kappa shape index (κ1) is 16.2. The van der Waals surface area contributed by atoms with Crippen molar-refractivity contribution < 1.29 is 0 Å². The minimum atomic E-state index is 0.124.